The third-order valence-electron chi connectivity index (χ3n) is 3.33. The Kier molecular flexibility index (Phi) is 3.97. The number of nitrogens with one attached hydrogen (secondary N) is 1. The first-order valence-corrected chi connectivity index (χ1v) is 6.28. The highest BCUT2D eigenvalue weighted by Gasteiger charge is 2.28. The average Bonchev–Trinajstić information content (AvgIpc) is 2.27. The highest BCUT2D eigenvalue weighted by Crippen LogP contribution is 2.25. The topological polar surface area (TPSA) is 32.3 Å². The van der Waals surface area contributed by atoms with E-state index in [-0.39, 0.29) is 6.10 Å². The van der Waals surface area contributed by atoms with E-state index in [1.165, 1.54) is 12.0 Å². The van der Waals surface area contributed by atoms with E-state index in [9.17, 15) is 5.11 Å². The fourth-order valence-electron chi connectivity index (χ4n) is 2.33. The number of rotatable bonds is 5. The molecule has 0 spiro atoms. The molecule has 2 rings (SSSR count). The Labute approximate surface area is 97.7 Å². The monoisotopic (exact) mass is 219 g/mol. The van der Waals surface area contributed by atoms with Crippen LogP contribution in [-0.4, -0.2) is 17.3 Å². The Hall–Kier alpha value is -0.860. The van der Waals surface area contributed by atoms with Gasteiger partial charge in [-0.3, -0.25) is 0 Å². The van der Waals surface area contributed by atoms with Crippen molar-refractivity contribution >= 4 is 0 Å². The van der Waals surface area contributed by atoms with Crippen LogP contribution < -0.4 is 5.32 Å². The van der Waals surface area contributed by atoms with Crippen LogP contribution in [0.4, 0.5) is 0 Å². The lowest BCUT2D eigenvalue weighted by Gasteiger charge is -2.35. The van der Waals surface area contributed by atoms with Crippen LogP contribution >= 0.6 is 0 Å². The fraction of sp³-hybridized carbons (Fsp3) is 0.571. The Morgan fingerprint density at radius 1 is 1.31 bits per heavy atom. The molecule has 2 heteroatoms. The summed E-state index contributed by atoms with van der Waals surface area (Å²) in [5.41, 5.74) is 1.37. The molecule has 1 aromatic rings. The van der Waals surface area contributed by atoms with Crippen LogP contribution in [0, 0.1) is 0 Å². The molecule has 16 heavy (non-hydrogen) atoms. The van der Waals surface area contributed by atoms with E-state index in [4.69, 9.17) is 0 Å². The van der Waals surface area contributed by atoms with E-state index in [0.29, 0.717) is 12.1 Å². The molecule has 1 unspecified atom stereocenters. The Morgan fingerprint density at radius 3 is 2.56 bits per heavy atom. The van der Waals surface area contributed by atoms with Crippen LogP contribution in [0.25, 0.3) is 0 Å². The van der Waals surface area contributed by atoms with Gasteiger partial charge in [0.05, 0.1) is 6.10 Å². The fourth-order valence-corrected chi connectivity index (χ4v) is 2.33. The molecule has 2 nitrogen and oxygen atoms in total. The van der Waals surface area contributed by atoms with Gasteiger partial charge in [-0.15, -0.1) is 0 Å². The van der Waals surface area contributed by atoms with Gasteiger partial charge in [0.1, 0.15) is 0 Å². The zero-order valence-corrected chi connectivity index (χ0v) is 9.89. The molecule has 0 heterocycles. The van der Waals surface area contributed by atoms with Crippen LogP contribution in [0.3, 0.4) is 0 Å². The molecule has 0 saturated heterocycles. The van der Waals surface area contributed by atoms with Gasteiger partial charge >= 0.3 is 0 Å². The van der Waals surface area contributed by atoms with Gasteiger partial charge in [-0.1, -0.05) is 43.7 Å². The summed E-state index contributed by atoms with van der Waals surface area (Å²) in [6.45, 7) is 2.22. The number of aliphatic hydroxyl groups is 1. The standard InChI is InChI=1S/C14H21NO/c1-2-6-14(11-7-4-3-5-8-11)15-12-9-13(16)10-12/h3-5,7-8,12-16H,2,6,9-10H2,1H3. The van der Waals surface area contributed by atoms with E-state index in [2.05, 4.69) is 42.6 Å². The molecule has 1 aromatic carbocycles. The van der Waals surface area contributed by atoms with Crippen LogP contribution in [-0.2, 0) is 0 Å². The first-order valence-electron chi connectivity index (χ1n) is 6.28. The van der Waals surface area contributed by atoms with Crippen molar-refractivity contribution in [2.75, 3.05) is 0 Å². The van der Waals surface area contributed by atoms with E-state index in [1.54, 1.807) is 0 Å². The van der Waals surface area contributed by atoms with Gasteiger partial charge in [0.15, 0.2) is 0 Å². The molecule has 2 N–H and O–H groups in total. The minimum Gasteiger partial charge on any atom is -0.393 e. The van der Waals surface area contributed by atoms with Gasteiger partial charge in [0, 0.05) is 12.1 Å². The summed E-state index contributed by atoms with van der Waals surface area (Å²) in [5, 5.41) is 12.9. The second-order valence-electron chi connectivity index (χ2n) is 4.74. The third kappa shape index (κ3) is 2.83. The lowest BCUT2D eigenvalue weighted by Crippen LogP contribution is -2.45. The summed E-state index contributed by atoms with van der Waals surface area (Å²) in [5.74, 6) is 0. The minimum atomic E-state index is -0.0736. The molecule has 88 valence electrons. The smallest absolute Gasteiger partial charge is 0.0570 e. The molecule has 1 aliphatic carbocycles. The van der Waals surface area contributed by atoms with E-state index < -0.39 is 0 Å². The third-order valence-corrected chi connectivity index (χ3v) is 3.33. The van der Waals surface area contributed by atoms with Gasteiger partial charge in [-0.05, 0) is 24.8 Å². The molecular formula is C14H21NO. The summed E-state index contributed by atoms with van der Waals surface area (Å²) in [6.07, 6.45) is 4.09. The lowest BCUT2D eigenvalue weighted by atomic mass is 9.88. The quantitative estimate of drug-likeness (QED) is 0.798. The maximum absolute atomic E-state index is 9.29. The predicted molar refractivity (Wildman–Crippen MR) is 66.3 cm³/mol. The first-order chi connectivity index (χ1) is 7.79. The summed E-state index contributed by atoms with van der Waals surface area (Å²) >= 11 is 0. The van der Waals surface area contributed by atoms with Crippen LogP contribution in [0.5, 0.6) is 0 Å². The molecule has 0 aliphatic heterocycles. The maximum atomic E-state index is 9.29. The van der Waals surface area contributed by atoms with Gasteiger partial charge in [-0.2, -0.15) is 0 Å². The SMILES string of the molecule is CCCC(NC1CC(O)C1)c1ccccc1. The van der Waals surface area contributed by atoms with Crippen molar-refractivity contribution in [2.45, 2.75) is 50.8 Å². The molecule has 1 aliphatic rings. The van der Waals surface area contributed by atoms with Gasteiger partial charge in [-0.25, -0.2) is 0 Å². The van der Waals surface area contributed by atoms with Crippen LogP contribution in [0.2, 0.25) is 0 Å². The second kappa shape index (κ2) is 5.46. The highest BCUT2D eigenvalue weighted by molar-refractivity contribution is 5.19. The van der Waals surface area contributed by atoms with Crippen molar-refractivity contribution in [1.29, 1.82) is 0 Å². The summed E-state index contributed by atoms with van der Waals surface area (Å²) in [7, 11) is 0. The molecule has 0 amide bonds. The van der Waals surface area contributed by atoms with Gasteiger partial charge in [0.25, 0.3) is 0 Å². The van der Waals surface area contributed by atoms with Crippen molar-refractivity contribution in [3.05, 3.63) is 35.9 Å². The van der Waals surface area contributed by atoms with Crippen LogP contribution in [0.15, 0.2) is 30.3 Å². The Bertz CT molecular complexity index is 306. The maximum Gasteiger partial charge on any atom is 0.0570 e. The number of benzene rings is 1. The van der Waals surface area contributed by atoms with E-state index in [0.717, 1.165) is 19.3 Å². The number of hydrogen-bond acceptors (Lipinski definition) is 2. The first kappa shape index (κ1) is 11.6. The van der Waals surface area contributed by atoms with Gasteiger partial charge < -0.3 is 10.4 Å². The van der Waals surface area contributed by atoms with E-state index >= 15 is 0 Å². The molecule has 0 bridgehead atoms. The highest BCUT2D eigenvalue weighted by atomic mass is 16.3. The summed E-state index contributed by atoms with van der Waals surface area (Å²) in [4.78, 5) is 0. The molecule has 0 aromatic heterocycles. The normalized spacial score (nSPS) is 26.1. The lowest BCUT2D eigenvalue weighted by molar-refractivity contribution is 0.0570. The molecular weight excluding hydrogens is 198 g/mol. The Balaban J connectivity index is 1.94. The largest absolute Gasteiger partial charge is 0.393 e. The zero-order valence-electron chi connectivity index (χ0n) is 9.89. The number of aliphatic hydroxyl groups excluding tert-OH is 1. The predicted octanol–water partition coefficient (Wildman–Crippen LogP) is 2.64. The molecule has 0 radical (unpaired) electrons. The molecule has 1 saturated carbocycles. The van der Waals surface area contributed by atoms with Crippen molar-refractivity contribution in [2.24, 2.45) is 0 Å². The van der Waals surface area contributed by atoms with Crippen LogP contribution in [0.1, 0.15) is 44.2 Å². The van der Waals surface area contributed by atoms with Crippen molar-refractivity contribution in [1.82, 2.24) is 5.32 Å². The zero-order chi connectivity index (χ0) is 11.4. The van der Waals surface area contributed by atoms with Gasteiger partial charge in [0.2, 0.25) is 0 Å². The summed E-state index contributed by atoms with van der Waals surface area (Å²) in [6, 6.07) is 11.6. The summed E-state index contributed by atoms with van der Waals surface area (Å²) < 4.78 is 0. The molecule has 1 fully saturated rings. The minimum absolute atomic E-state index is 0.0736. The van der Waals surface area contributed by atoms with Crippen molar-refractivity contribution in [3.8, 4) is 0 Å². The second-order valence-corrected chi connectivity index (χ2v) is 4.74. The Morgan fingerprint density at radius 2 is 2.00 bits per heavy atom. The van der Waals surface area contributed by atoms with E-state index in [1.807, 2.05) is 0 Å². The van der Waals surface area contributed by atoms with Crippen molar-refractivity contribution < 1.29 is 5.11 Å². The number of hydrogen-bond donors (Lipinski definition) is 2. The molecule has 1 atom stereocenters. The van der Waals surface area contributed by atoms with Crippen molar-refractivity contribution in [3.63, 3.8) is 0 Å². The average molecular weight is 219 g/mol.